The first-order chi connectivity index (χ1) is 12.2. The molecule has 2 heterocycles. The first-order valence-electron chi connectivity index (χ1n) is 9.49. The third kappa shape index (κ3) is 4.09. The molecule has 0 bridgehead atoms. The summed E-state index contributed by atoms with van der Waals surface area (Å²) in [7, 11) is 3.19. The Morgan fingerprint density at radius 2 is 1.48 bits per heavy atom. The highest BCUT2D eigenvalue weighted by Crippen LogP contribution is 2.31. The molecule has 2 aliphatic rings. The lowest BCUT2D eigenvalue weighted by molar-refractivity contribution is 0.0617. The normalized spacial score (nSPS) is 20.2. The van der Waals surface area contributed by atoms with Crippen LogP contribution in [0.15, 0.2) is 18.2 Å². The van der Waals surface area contributed by atoms with E-state index >= 15 is 0 Å². The van der Waals surface area contributed by atoms with Gasteiger partial charge in [0, 0.05) is 19.1 Å². The summed E-state index contributed by atoms with van der Waals surface area (Å²) in [5.41, 5.74) is 0.542. The maximum Gasteiger partial charge on any atom is 0.261 e. The monoisotopic (exact) mass is 346 g/mol. The Labute approximate surface area is 150 Å². The van der Waals surface area contributed by atoms with Crippen molar-refractivity contribution in [2.75, 3.05) is 40.4 Å². The van der Waals surface area contributed by atoms with Crippen LogP contribution in [0.2, 0.25) is 0 Å². The Bertz CT molecular complexity index is 552. The van der Waals surface area contributed by atoms with Crippen LogP contribution in [0.3, 0.4) is 0 Å². The lowest BCUT2D eigenvalue weighted by Crippen LogP contribution is -2.47. The molecule has 0 atom stereocenters. The minimum atomic E-state index is 0.0172. The van der Waals surface area contributed by atoms with Crippen LogP contribution in [0.25, 0.3) is 0 Å². The van der Waals surface area contributed by atoms with Crippen molar-refractivity contribution in [1.29, 1.82) is 0 Å². The van der Waals surface area contributed by atoms with E-state index in [1.807, 2.05) is 23.1 Å². The Balaban J connectivity index is 1.66. The highest BCUT2D eigenvalue weighted by atomic mass is 16.5. The van der Waals surface area contributed by atoms with Gasteiger partial charge in [-0.15, -0.1) is 0 Å². The standard InChI is InChI=1S/C20H30N2O3/c1-24-17-8-7-9-18(25-2)19(17)20(23)22-14-10-16(11-15-22)21-12-5-3-4-6-13-21/h7-9,16H,3-6,10-15H2,1-2H3. The predicted octanol–water partition coefficient (Wildman–Crippen LogP) is 3.18. The lowest BCUT2D eigenvalue weighted by Gasteiger charge is -2.38. The molecule has 3 rings (SSSR count). The lowest BCUT2D eigenvalue weighted by atomic mass is 10.0. The number of nitrogens with zero attached hydrogens (tertiary/aromatic N) is 2. The van der Waals surface area contributed by atoms with E-state index in [1.54, 1.807) is 14.2 Å². The molecule has 138 valence electrons. The summed E-state index contributed by atoms with van der Waals surface area (Å²) in [6.07, 6.45) is 7.48. The number of hydrogen-bond donors (Lipinski definition) is 0. The molecule has 25 heavy (non-hydrogen) atoms. The second-order valence-electron chi connectivity index (χ2n) is 7.01. The number of likely N-dealkylation sites (tertiary alicyclic amines) is 2. The van der Waals surface area contributed by atoms with Gasteiger partial charge in [0.1, 0.15) is 17.1 Å². The summed E-state index contributed by atoms with van der Waals surface area (Å²) < 4.78 is 10.8. The molecule has 1 aromatic rings. The van der Waals surface area contributed by atoms with Crippen LogP contribution < -0.4 is 9.47 Å². The fourth-order valence-corrected chi connectivity index (χ4v) is 4.11. The zero-order chi connectivity index (χ0) is 17.6. The molecule has 1 aromatic carbocycles. The van der Waals surface area contributed by atoms with E-state index in [1.165, 1.54) is 38.8 Å². The molecule has 0 aromatic heterocycles. The topological polar surface area (TPSA) is 42.0 Å². The van der Waals surface area contributed by atoms with Gasteiger partial charge in [0.25, 0.3) is 5.91 Å². The molecule has 0 N–H and O–H groups in total. The van der Waals surface area contributed by atoms with E-state index in [9.17, 15) is 4.79 Å². The Morgan fingerprint density at radius 3 is 2.00 bits per heavy atom. The van der Waals surface area contributed by atoms with Gasteiger partial charge >= 0.3 is 0 Å². The fourth-order valence-electron chi connectivity index (χ4n) is 4.11. The number of hydrogen-bond acceptors (Lipinski definition) is 4. The summed E-state index contributed by atoms with van der Waals surface area (Å²) >= 11 is 0. The highest BCUT2D eigenvalue weighted by Gasteiger charge is 2.30. The Kier molecular flexibility index (Phi) is 6.19. The van der Waals surface area contributed by atoms with Crippen molar-refractivity contribution in [1.82, 2.24) is 9.80 Å². The van der Waals surface area contributed by atoms with Crippen LogP contribution in [0.1, 0.15) is 48.9 Å². The number of methoxy groups -OCH3 is 2. The van der Waals surface area contributed by atoms with Crippen molar-refractivity contribution < 1.29 is 14.3 Å². The Hall–Kier alpha value is -1.75. The average molecular weight is 346 g/mol. The number of piperidine rings is 1. The van der Waals surface area contributed by atoms with E-state index in [0.717, 1.165) is 25.9 Å². The minimum absolute atomic E-state index is 0.0172. The van der Waals surface area contributed by atoms with Crippen LogP contribution >= 0.6 is 0 Å². The zero-order valence-electron chi connectivity index (χ0n) is 15.5. The van der Waals surface area contributed by atoms with Crippen molar-refractivity contribution in [2.45, 2.75) is 44.6 Å². The fraction of sp³-hybridized carbons (Fsp3) is 0.650. The SMILES string of the molecule is COc1cccc(OC)c1C(=O)N1CCC(N2CCCCCC2)CC1. The highest BCUT2D eigenvalue weighted by molar-refractivity contribution is 5.99. The number of ether oxygens (including phenoxy) is 2. The van der Waals surface area contributed by atoms with Crippen LogP contribution in [-0.2, 0) is 0 Å². The third-order valence-corrected chi connectivity index (χ3v) is 5.55. The van der Waals surface area contributed by atoms with E-state index < -0.39 is 0 Å². The molecular weight excluding hydrogens is 316 g/mol. The summed E-state index contributed by atoms with van der Waals surface area (Å²) in [4.78, 5) is 17.7. The second-order valence-corrected chi connectivity index (χ2v) is 7.01. The van der Waals surface area contributed by atoms with Crippen LogP contribution in [0.4, 0.5) is 0 Å². The molecular formula is C20H30N2O3. The smallest absolute Gasteiger partial charge is 0.261 e. The van der Waals surface area contributed by atoms with Gasteiger partial charge in [-0.1, -0.05) is 18.9 Å². The molecule has 2 fully saturated rings. The van der Waals surface area contributed by atoms with Gasteiger partial charge in [0.15, 0.2) is 0 Å². The number of carbonyl (C=O) groups is 1. The number of rotatable bonds is 4. The maximum atomic E-state index is 13.0. The molecule has 2 aliphatic heterocycles. The van der Waals surface area contributed by atoms with Crippen LogP contribution in [0.5, 0.6) is 11.5 Å². The van der Waals surface area contributed by atoms with Gasteiger partial charge in [-0.3, -0.25) is 4.79 Å². The molecule has 0 radical (unpaired) electrons. The van der Waals surface area contributed by atoms with E-state index in [2.05, 4.69) is 4.90 Å². The van der Waals surface area contributed by atoms with Crippen molar-refractivity contribution in [3.05, 3.63) is 23.8 Å². The van der Waals surface area contributed by atoms with Crippen LogP contribution in [-0.4, -0.2) is 62.1 Å². The van der Waals surface area contributed by atoms with E-state index in [0.29, 0.717) is 23.1 Å². The van der Waals surface area contributed by atoms with E-state index in [-0.39, 0.29) is 5.91 Å². The van der Waals surface area contributed by atoms with E-state index in [4.69, 9.17) is 9.47 Å². The third-order valence-electron chi connectivity index (χ3n) is 5.55. The summed E-state index contributed by atoms with van der Waals surface area (Å²) in [6.45, 7) is 4.06. The van der Waals surface area contributed by atoms with Gasteiger partial charge < -0.3 is 19.3 Å². The molecule has 0 saturated carbocycles. The predicted molar refractivity (Wildman–Crippen MR) is 98.5 cm³/mol. The average Bonchev–Trinajstić information content (AvgIpc) is 2.96. The maximum absolute atomic E-state index is 13.0. The largest absolute Gasteiger partial charge is 0.496 e. The van der Waals surface area contributed by atoms with Gasteiger partial charge in [0.05, 0.1) is 14.2 Å². The van der Waals surface area contributed by atoms with Gasteiger partial charge in [-0.25, -0.2) is 0 Å². The quantitative estimate of drug-likeness (QED) is 0.840. The molecule has 0 aliphatic carbocycles. The van der Waals surface area contributed by atoms with Gasteiger partial charge in [-0.05, 0) is 50.9 Å². The zero-order valence-corrected chi connectivity index (χ0v) is 15.5. The first-order valence-corrected chi connectivity index (χ1v) is 9.49. The number of amides is 1. The molecule has 1 amide bonds. The molecule has 5 heteroatoms. The van der Waals surface area contributed by atoms with Crippen molar-refractivity contribution in [2.24, 2.45) is 0 Å². The molecule has 5 nitrogen and oxygen atoms in total. The van der Waals surface area contributed by atoms with Crippen molar-refractivity contribution in [3.8, 4) is 11.5 Å². The van der Waals surface area contributed by atoms with Crippen molar-refractivity contribution in [3.63, 3.8) is 0 Å². The summed E-state index contributed by atoms with van der Waals surface area (Å²) in [5, 5.41) is 0. The second kappa shape index (κ2) is 8.56. The number of carbonyl (C=O) groups excluding carboxylic acids is 1. The molecule has 0 spiro atoms. The van der Waals surface area contributed by atoms with Crippen LogP contribution in [0, 0.1) is 0 Å². The number of benzene rings is 1. The summed E-state index contributed by atoms with van der Waals surface area (Å²) in [6, 6.07) is 6.11. The summed E-state index contributed by atoms with van der Waals surface area (Å²) in [5.74, 6) is 1.18. The van der Waals surface area contributed by atoms with Crippen molar-refractivity contribution >= 4 is 5.91 Å². The molecule has 2 saturated heterocycles. The minimum Gasteiger partial charge on any atom is -0.496 e. The molecule has 0 unspecified atom stereocenters. The van der Waals surface area contributed by atoms with Gasteiger partial charge in [0.2, 0.25) is 0 Å². The Morgan fingerprint density at radius 1 is 0.920 bits per heavy atom. The van der Waals surface area contributed by atoms with Gasteiger partial charge in [-0.2, -0.15) is 0 Å². The first kappa shape index (κ1) is 18.1.